The van der Waals surface area contributed by atoms with Crippen LogP contribution in [0.2, 0.25) is 0 Å². The molecule has 1 heterocycles. The van der Waals surface area contributed by atoms with E-state index in [9.17, 15) is 0 Å². The molecule has 0 fully saturated rings. The number of aromatic nitrogens is 2. The van der Waals surface area contributed by atoms with Crippen LogP contribution >= 0.6 is 15.9 Å². The van der Waals surface area contributed by atoms with E-state index >= 15 is 0 Å². The summed E-state index contributed by atoms with van der Waals surface area (Å²) in [5.74, 6) is 0.896. The van der Waals surface area contributed by atoms with Gasteiger partial charge in [0.15, 0.2) is 0 Å². The molecule has 1 aromatic heterocycles. The Morgan fingerprint density at radius 3 is 2.47 bits per heavy atom. The van der Waals surface area contributed by atoms with Crippen LogP contribution in [0.4, 0.5) is 5.69 Å². The van der Waals surface area contributed by atoms with Crippen molar-refractivity contribution in [1.82, 2.24) is 10.2 Å². The molecule has 19 heavy (non-hydrogen) atoms. The van der Waals surface area contributed by atoms with Gasteiger partial charge in [-0.3, -0.25) is 0 Å². The highest BCUT2D eigenvalue weighted by Crippen LogP contribution is 2.30. The molecule has 0 saturated carbocycles. The van der Waals surface area contributed by atoms with Crippen LogP contribution in [-0.2, 0) is 0 Å². The van der Waals surface area contributed by atoms with Gasteiger partial charge in [-0.2, -0.15) is 0 Å². The number of rotatable bonds is 2. The van der Waals surface area contributed by atoms with Crippen molar-refractivity contribution in [3.63, 3.8) is 0 Å². The molecule has 0 aliphatic rings. The lowest BCUT2D eigenvalue weighted by molar-refractivity contribution is 0.585. The van der Waals surface area contributed by atoms with E-state index in [1.54, 1.807) is 6.07 Å². The molecule has 0 bridgehead atoms. The van der Waals surface area contributed by atoms with Gasteiger partial charge in [0.2, 0.25) is 11.8 Å². The van der Waals surface area contributed by atoms with Crippen molar-refractivity contribution in [3.05, 3.63) is 53.0 Å². The van der Waals surface area contributed by atoms with Crippen molar-refractivity contribution in [2.45, 2.75) is 0 Å². The third kappa shape index (κ3) is 2.37. The zero-order valence-electron chi connectivity index (χ0n) is 9.88. The smallest absolute Gasteiger partial charge is 0.250 e. The SMILES string of the molecule is Nc1ccc(Br)cc1-c1nnc(-c2ccccc2)o1. The van der Waals surface area contributed by atoms with Gasteiger partial charge in [-0.1, -0.05) is 34.1 Å². The Labute approximate surface area is 118 Å². The van der Waals surface area contributed by atoms with Gasteiger partial charge in [0.05, 0.1) is 5.56 Å². The molecule has 0 aliphatic heterocycles. The molecule has 3 rings (SSSR count). The van der Waals surface area contributed by atoms with E-state index in [2.05, 4.69) is 26.1 Å². The fourth-order valence-electron chi connectivity index (χ4n) is 1.74. The predicted octanol–water partition coefficient (Wildman–Crippen LogP) is 3.75. The third-order valence-corrected chi connectivity index (χ3v) is 3.18. The normalized spacial score (nSPS) is 10.6. The molecule has 0 saturated heterocycles. The predicted molar refractivity (Wildman–Crippen MR) is 77.3 cm³/mol. The fraction of sp³-hybridized carbons (Fsp3) is 0. The van der Waals surface area contributed by atoms with Crippen LogP contribution < -0.4 is 5.73 Å². The van der Waals surface area contributed by atoms with E-state index in [0.717, 1.165) is 15.6 Å². The summed E-state index contributed by atoms with van der Waals surface area (Å²) < 4.78 is 6.58. The molecule has 0 aliphatic carbocycles. The first kappa shape index (κ1) is 11.9. The Hall–Kier alpha value is -2.14. The van der Waals surface area contributed by atoms with Crippen molar-refractivity contribution in [2.24, 2.45) is 0 Å². The quantitative estimate of drug-likeness (QED) is 0.731. The number of halogens is 1. The minimum absolute atomic E-state index is 0.414. The molecule has 2 N–H and O–H groups in total. The second-order valence-electron chi connectivity index (χ2n) is 4.01. The van der Waals surface area contributed by atoms with Crippen LogP contribution in [-0.4, -0.2) is 10.2 Å². The second kappa shape index (κ2) is 4.85. The molecule has 5 heteroatoms. The molecule has 3 aromatic rings. The number of nitrogens with two attached hydrogens (primary N) is 1. The maximum Gasteiger partial charge on any atom is 0.250 e. The first-order chi connectivity index (χ1) is 9.24. The highest BCUT2D eigenvalue weighted by molar-refractivity contribution is 9.10. The van der Waals surface area contributed by atoms with Gasteiger partial charge in [0, 0.05) is 15.7 Å². The third-order valence-electron chi connectivity index (χ3n) is 2.69. The molecule has 4 nitrogen and oxygen atoms in total. The average Bonchev–Trinajstić information content (AvgIpc) is 2.92. The lowest BCUT2D eigenvalue weighted by Gasteiger charge is -2.00. The van der Waals surface area contributed by atoms with Crippen LogP contribution in [0.15, 0.2) is 57.4 Å². The van der Waals surface area contributed by atoms with E-state index in [1.165, 1.54) is 0 Å². The van der Waals surface area contributed by atoms with Crippen molar-refractivity contribution in [2.75, 3.05) is 5.73 Å². The molecule has 2 aromatic carbocycles. The summed E-state index contributed by atoms with van der Waals surface area (Å²) in [7, 11) is 0. The highest BCUT2D eigenvalue weighted by Gasteiger charge is 2.12. The van der Waals surface area contributed by atoms with Gasteiger partial charge in [-0.05, 0) is 30.3 Å². The molecule has 0 atom stereocenters. The van der Waals surface area contributed by atoms with E-state index in [0.29, 0.717) is 17.5 Å². The Kier molecular flexibility index (Phi) is 3.05. The van der Waals surface area contributed by atoms with Gasteiger partial charge in [0.1, 0.15) is 0 Å². The number of nitrogens with zero attached hydrogens (tertiary/aromatic N) is 2. The molecular formula is C14H10BrN3O. The minimum Gasteiger partial charge on any atom is -0.416 e. The molecule has 0 unspecified atom stereocenters. The van der Waals surface area contributed by atoms with E-state index < -0.39 is 0 Å². The summed E-state index contributed by atoms with van der Waals surface area (Å²) in [6.45, 7) is 0. The molecule has 0 radical (unpaired) electrons. The first-order valence-electron chi connectivity index (χ1n) is 5.68. The lowest BCUT2D eigenvalue weighted by atomic mass is 10.2. The van der Waals surface area contributed by atoms with E-state index in [1.807, 2.05) is 42.5 Å². The van der Waals surface area contributed by atoms with Crippen LogP contribution in [0, 0.1) is 0 Å². The number of nitrogen functional groups attached to an aromatic ring is 1. The van der Waals surface area contributed by atoms with Gasteiger partial charge < -0.3 is 10.2 Å². The monoisotopic (exact) mass is 315 g/mol. The zero-order valence-corrected chi connectivity index (χ0v) is 11.5. The minimum atomic E-state index is 0.414. The zero-order chi connectivity index (χ0) is 13.2. The summed E-state index contributed by atoms with van der Waals surface area (Å²) in [6, 6.07) is 15.1. The fourth-order valence-corrected chi connectivity index (χ4v) is 2.10. The van der Waals surface area contributed by atoms with Crippen LogP contribution in [0.1, 0.15) is 0 Å². The maximum atomic E-state index is 5.92. The van der Waals surface area contributed by atoms with Crippen LogP contribution in [0.3, 0.4) is 0 Å². The summed E-state index contributed by atoms with van der Waals surface area (Å²) in [6.07, 6.45) is 0. The van der Waals surface area contributed by atoms with Gasteiger partial charge >= 0.3 is 0 Å². The molecule has 94 valence electrons. The van der Waals surface area contributed by atoms with Crippen LogP contribution in [0.5, 0.6) is 0 Å². The van der Waals surface area contributed by atoms with Gasteiger partial charge in [-0.15, -0.1) is 10.2 Å². The summed E-state index contributed by atoms with van der Waals surface area (Å²) in [5.41, 5.74) is 8.13. The van der Waals surface area contributed by atoms with Crippen molar-refractivity contribution in [1.29, 1.82) is 0 Å². The van der Waals surface area contributed by atoms with Crippen molar-refractivity contribution < 1.29 is 4.42 Å². The van der Waals surface area contributed by atoms with E-state index in [-0.39, 0.29) is 0 Å². The van der Waals surface area contributed by atoms with Crippen molar-refractivity contribution >= 4 is 21.6 Å². The Morgan fingerprint density at radius 1 is 0.947 bits per heavy atom. The first-order valence-corrected chi connectivity index (χ1v) is 6.47. The van der Waals surface area contributed by atoms with E-state index in [4.69, 9.17) is 10.2 Å². The maximum absolute atomic E-state index is 5.92. The number of hydrogen-bond donors (Lipinski definition) is 1. The number of anilines is 1. The number of benzene rings is 2. The lowest BCUT2D eigenvalue weighted by Crippen LogP contribution is -1.89. The Balaban J connectivity index is 2.04. The Morgan fingerprint density at radius 2 is 1.68 bits per heavy atom. The summed E-state index contributed by atoms with van der Waals surface area (Å²) >= 11 is 3.40. The standard InChI is InChI=1S/C14H10BrN3O/c15-10-6-7-12(16)11(8-10)14-18-17-13(19-14)9-4-2-1-3-5-9/h1-8H,16H2. The number of hydrogen-bond acceptors (Lipinski definition) is 4. The van der Waals surface area contributed by atoms with Gasteiger partial charge in [0.25, 0.3) is 0 Å². The highest BCUT2D eigenvalue weighted by atomic mass is 79.9. The molecular weight excluding hydrogens is 306 g/mol. The Bertz CT molecular complexity index is 710. The van der Waals surface area contributed by atoms with Gasteiger partial charge in [-0.25, -0.2) is 0 Å². The topological polar surface area (TPSA) is 64.9 Å². The largest absolute Gasteiger partial charge is 0.416 e. The van der Waals surface area contributed by atoms with Crippen molar-refractivity contribution in [3.8, 4) is 22.9 Å². The average molecular weight is 316 g/mol. The van der Waals surface area contributed by atoms with Crippen LogP contribution in [0.25, 0.3) is 22.9 Å². The molecule has 0 spiro atoms. The second-order valence-corrected chi connectivity index (χ2v) is 4.93. The summed E-state index contributed by atoms with van der Waals surface area (Å²) in [4.78, 5) is 0. The molecule has 0 amide bonds. The summed E-state index contributed by atoms with van der Waals surface area (Å²) in [5, 5.41) is 8.09.